The van der Waals surface area contributed by atoms with Gasteiger partial charge in [-0.05, 0) is 32.3 Å². The van der Waals surface area contributed by atoms with E-state index in [2.05, 4.69) is 10.6 Å². The molecule has 0 radical (unpaired) electrons. The Balaban J connectivity index is 1.82. The first-order valence-electron chi connectivity index (χ1n) is 9.51. The minimum absolute atomic E-state index is 0.210. The third kappa shape index (κ3) is 4.89. The number of nitrogens with one attached hydrogen (secondary N) is 2. The molecule has 2 amide bonds. The second-order valence-electron chi connectivity index (χ2n) is 6.87. The number of hydrogen-bond donors (Lipinski definition) is 2. The van der Waals surface area contributed by atoms with Crippen LogP contribution in [0.25, 0.3) is 11.1 Å². The summed E-state index contributed by atoms with van der Waals surface area (Å²) in [7, 11) is 0. The van der Waals surface area contributed by atoms with Crippen LogP contribution >= 0.6 is 11.3 Å². The molecule has 0 saturated heterocycles. The average Bonchev–Trinajstić information content (AvgIpc) is 3.06. The Morgan fingerprint density at radius 2 is 1.85 bits per heavy atom. The SMILES string of the molecule is CCOC(=O)c1c(-c2ccc(C)cc2)csc1NC(=O)NC1CCCCC1. The van der Waals surface area contributed by atoms with Gasteiger partial charge in [0, 0.05) is 17.0 Å². The summed E-state index contributed by atoms with van der Waals surface area (Å²) >= 11 is 1.35. The maximum Gasteiger partial charge on any atom is 0.341 e. The zero-order valence-corrected chi connectivity index (χ0v) is 16.7. The maximum absolute atomic E-state index is 12.6. The van der Waals surface area contributed by atoms with Gasteiger partial charge in [-0.3, -0.25) is 5.32 Å². The van der Waals surface area contributed by atoms with Gasteiger partial charge in [-0.15, -0.1) is 11.3 Å². The van der Waals surface area contributed by atoms with E-state index in [0.29, 0.717) is 10.6 Å². The molecule has 1 aliphatic carbocycles. The van der Waals surface area contributed by atoms with Crippen molar-refractivity contribution >= 4 is 28.3 Å². The highest BCUT2D eigenvalue weighted by Crippen LogP contribution is 2.36. The molecular weight excluding hydrogens is 360 g/mol. The molecule has 6 heteroatoms. The lowest BCUT2D eigenvalue weighted by molar-refractivity contribution is 0.0529. The average molecular weight is 387 g/mol. The molecule has 1 aromatic carbocycles. The molecule has 1 aromatic heterocycles. The van der Waals surface area contributed by atoms with Crippen LogP contribution < -0.4 is 10.6 Å². The number of urea groups is 1. The number of amides is 2. The molecule has 2 aromatic rings. The monoisotopic (exact) mass is 386 g/mol. The van der Waals surface area contributed by atoms with Crippen LogP contribution in [0.2, 0.25) is 0 Å². The van der Waals surface area contributed by atoms with Crippen molar-refractivity contribution in [3.05, 3.63) is 40.8 Å². The zero-order chi connectivity index (χ0) is 19.2. The van der Waals surface area contributed by atoms with E-state index in [-0.39, 0.29) is 18.7 Å². The number of benzene rings is 1. The quantitative estimate of drug-likeness (QED) is 0.680. The van der Waals surface area contributed by atoms with Crippen LogP contribution in [-0.4, -0.2) is 24.6 Å². The van der Waals surface area contributed by atoms with Crippen LogP contribution in [-0.2, 0) is 4.74 Å². The molecule has 144 valence electrons. The molecule has 0 aliphatic heterocycles. The van der Waals surface area contributed by atoms with Crippen molar-refractivity contribution in [2.24, 2.45) is 0 Å². The van der Waals surface area contributed by atoms with Gasteiger partial charge in [0.2, 0.25) is 0 Å². The summed E-state index contributed by atoms with van der Waals surface area (Å²) in [5.74, 6) is -0.415. The number of thiophene rings is 1. The fourth-order valence-electron chi connectivity index (χ4n) is 3.37. The molecule has 0 bridgehead atoms. The molecule has 0 unspecified atom stereocenters. The van der Waals surface area contributed by atoms with Gasteiger partial charge in [0.15, 0.2) is 0 Å². The van der Waals surface area contributed by atoms with Gasteiger partial charge in [0.1, 0.15) is 10.6 Å². The third-order valence-electron chi connectivity index (χ3n) is 4.80. The summed E-state index contributed by atoms with van der Waals surface area (Å²) in [6, 6.07) is 7.92. The van der Waals surface area contributed by atoms with Crippen LogP contribution in [0.4, 0.5) is 9.80 Å². The minimum atomic E-state index is -0.415. The zero-order valence-electron chi connectivity index (χ0n) is 15.8. The molecule has 3 rings (SSSR count). The molecule has 1 aliphatic rings. The summed E-state index contributed by atoms with van der Waals surface area (Å²) in [5.41, 5.74) is 3.29. The largest absolute Gasteiger partial charge is 0.462 e. The third-order valence-corrected chi connectivity index (χ3v) is 5.70. The summed E-state index contributed by atoms with van der Waals surface area (Å²) in [6.07, 6.45) is 5.55. The summed E-state index contributed by atoms with van der Waals surface area (Å²) in [5, 5.41) is 8.31. The highest BCUT2D eigenvalue weighted by Gasteiger charge is 2.23. The first kappa shape index (κ1) is 19.4. The van der Waals surface area contributed by atoms with Gasteiger partial charge in [-0.1, -0.05) is 49.1 Å². The Bertz CT molecular complexity index is 792. The number of ether oxygens (including phenoxy) is 1. The smallest absolute Gasteiger partial charge is 0.341 e. The number of rotatable bonds is 5. The molecular formula is C21H26N2O3S. The van der Waals surface area contributed by atoms with Crippen molar-refractivity contribution in [3.8, 4) is 11.1 Å². The Labute approximate surface area is 164 Å². The minimum Gasteiger partial charge on any atom is -0.462 e. The van der Waals surface area contributed by atoms with E-state index in [4.69, 9.17) is 4.74 Å². The normalized spacial score (nSPS) is 14.6. The summed E-state index contributed by atoms with van der Waals surface area (Å²) < 4.78 is 5.24. The maximum atomic E-state index is 12.6. The van der Waals surface area contributed by atoms with Crippen molar-refractivity contribution in [3.63, 3.8) is 0 Å². The Morgan fingerprint density at radius 3 is 2.52 bits per heavy atom. The molecule has 1 saturated carbocycles. The van der Waals surface area contributed by atoms with E-state index < -0.39 is 5.97 Å². The lowest BCUT2D eigenvalue weighted by Gasteiger charge is -2.22. The topological polar surface area (TPSA) is 67.4 Å². The van der Waals surface area contributed by atoms with Crippen molar-refractivity contribution < 1.29 is 14.3 Å². The molecule has 0 spiro atoms. The first-order valence-corrected chi connectivity index (χ1v) is 10.4. The van der Waals surface area contributed by atoms with Gasteiger partial charge in [-0.25, -0.2) is 9.59 Å². The van der Waals surface area contributed by atoms with E-state index in [9.17, 15) is 9.59 Å². The van der Waals surface area contributed by atoms with Crippen LogP contribution in [0.15, 0.2) is 29.6 Å². The number of carbonyl (C=O) groups excluding carboxylic acids is 2. The van der Waals surface area contributed by atoms with Crippen molar-refractivity contribution in [1.82, 2.24) is 5.32 Å². The number of esters is 1. The Kier molecular flexibility index (Phi) is 6.50. The number of aryl methyl sites for hydroxylation is 1. The first-order chi connectivity index (χ1) is 13.1. The molecule has 0 atom stereocenters. The fourth-order valence-corrected chi connectivity index (χ4v) is 4.33. The standard InChI is InChI=1S/C21H26N2O3S/c1-3-26-20(24)18-17(15-11-9-14(2)10-12-15)13-27-19(18)23-21(25)22-16-7-5-4-6-8-16/h9-13,16H,3-8H2,1-2H3,(H2,22,23,25). The molecule has 1 heterocycles. The number of hydrogen-bond acceptors (Lipinski definition) is 4. The van der Waals surface area contributed by atoms with Crippen molar-refractivity contribution in [2.45, 2.75) is 52.0 Å². The lowest BCUT2D eigenvalue weighted by Crippen LogP contribution is -2.39. The van der Waals surface area contributed by atoms with E-state index in [1.807, 2.05) is 36.6 Å². The van der Waals surface area contributed by atoms with Gasteiger partial charge in [-0.2, -0.15) is 0 Å². The van der Waals surface area contributed by atoms with E-state index in [1.165, 1.54) is 17.8 Å². The highest BCUT2D eigenvalue weighted by molar-refractivity contribution is 7.15. The predicted octanol–water partition coefficient (Wildman–Crippen LogP) is 5.35. The van der Waals surface area contributed by atoms with E-state index >= 15 is 0 Å². The Morgan fingerprint density at radius 1 is 1.15 bits per heavy atom. The van der Waals surface area contributed by atoms with Crippen LogP contribution in [0, 0.1) is 6.92 Å². The van der Waals surface area contributed by atoms with Crippen molar-refractivity contribution in [1.29, 1.82) is 0 Å². The van der Waals surface area contributed by atoms with E-state index in [1.54, 1.807) is 6.92 Å². The van der Waals surface area contributed by atoms with Crippen LogP contribution in [0.1, 0.15) is 54.9 Å². The summed E-state index contributed by atoms with van der Waals surface area (Å²) in [6.45, 7) is 4.08. The van der Waals surface area contributed by atoms with Crippen LogP contribution in [0.5, 0.6) is 0 Å². The number of carbonyl (C=O) groups is 2. The predicted molar refractivity (Wildman–Crippen MR) is 109 cm³/mol. The summed E-state index contributed by atoms with van der Waals surface area (Å²) in [4.78, 5) is 25.0. The molecule has 5 nitrogen and oxygen atoms in total. The molecule has 27 heavy (non-hydrogen) atoms. The fraction of sp³-hybridized carbons (Fsp3) is 0.429. The number of anilines is 1. The highest BCUT2D eigenvalue weighted by atomic mass is 32.1. The van der Waals surface area contributed by atoms with Gasteiger partial charge < -0.3 is 10.1 Å². The van der Waals surface area contributed by atoms with Crippen molar-refractivity contribution in [2.75, 3.05) is 11.9 Å². The van der Waals surface area contributed by atoms with Gasteiger partial charge in [0.25, 0.3) is 0 Å². The second kappa shape index (κ2) is 9.04. The van der Waals surface area contributed by atoms with Gasteiger partial charge >= 0.3 is 12.0 Å². The molecule has 2 N–H and O–H groups in total. The van der Waals surface area contributed by atoms with Gasteiger partial charge in [0.05, 0.1) is 6.61 Å². The lowest BCUT2D eigenvalue weighted by atomic mass is 9.96. The Hall–Kier alpha value is -2.34. The second-order valence-corrected chi connectivity index (χ2v) is 7.75. The molecule has 1 fully saturated rings. The van der Waals surface area contributed by atoms with E-state index in [0.717, 1.165) is 42.4 Å². The van der Waals surface area contributed by atoms with Crippen LogP contribution in [0.3, 0.4) is 0 Å².